The first kappa shape index (κ1) is 14.5. The van der Waals surface area contributed by atoms with Crippen molar-refractivity contribution in [2.24, 2.45) is 0 Å². The van der Waals surface area contributed by atoms with Gasteiger partial charge in [0.15, 0.2) is 0 Å². The Kier molecular flexibility index (Phi) is 5.13. The van der Waals surface area contributed by atoms with Gasteiger partial charge in [-0.1, -0.05) is 55.3 Å². The molecule has 0 aliphatic carbocycles. The van der Waals surface area contributed by atoms with Crippen LogP contribution in [0.15, 0.2) is 36.7 Å². The maximum Gasteiger partial charge on any atom is 0.227 e. The van der Waals surface area contributed by atoms with Gasteiger partial charge in [0, 0.05) is 5.56 Å². The summed E-state index contributed by atoms with van der Waals surface area (Å²) >= 11 is 6.13. The fraction of sp³-hybridized carbons (Fsp3) is 0.250. The minimum Gasteiger partial charge on any atom is -0.438 e. The van der Waals surface area contributed by atoms with Gasteiger partial charge in [0.25, 0.3) is 0 Å². The van der Waals surface area contributed by atoms with E-state index in [9.17, 15) is 0 Å². The molecule has 0 saturated carbocycles. The van der Waals surface area contributed by atoms with Crippen LogP contribution in [0.4, 0.5) is 0 Å². The van der Waals surface area contributed by atoms with Gasteiger partial charge in [0.2, 0.25) is 5.88 Å². The van der Waals surface area contributed by atoms with Crippen molar-refractivity contribution in [2.75, 3.05) is 0 Å². The third-order valence-corrected chi connectivity index (χ3v) is 3.15. The third-order valence-electron chi connectivity index (χ3n) is 2.83. The topological polar surface area (TPSA) is 35.0 Å². The summed E-state index contributed by atoms with van der Waals surface area (Å²) < 4.78 is 5.94. The van der Waals surface area contributed by atoms with E-state index in [2.05, 4.69) is 16.9 Å². The van der Waals surface area contributed by atoms with Crippen molar-refractivity contribution in [3.63, 3.8) is 0 Å². The second-order valence-electron chi connectivity index (χ2n) is 4.34. The van der Waals surface area contributed by atoms with E-state index in [4.69, 9.17) is 16.3 Å². The second kappa shape index (κ2) is 7.06. The highest BCUT2D eigenvalue weighted by atomic mass is 35.5. The van der Waals surface area contributed by atoms with Crippen molar-refractivity contribution in [1.29, 1.82) is 0 Å². The molecule has 0 spiro atoms. The Morgan fingerprint density at radius 1 is 1.25 bits per heavy atom. The number of nitrogens with zero attached hydrogens (tertiary/aromatic N) is 2. The Morgan fingerprint density at radius 3 is 2.80 bits per heavy atom. The van der Waals surface area contributed by atoms with Crippen molar-refractivity contribution >= 4 is 17.7 Å². The quantitative estimate of drug-likeness (QED) is 0.733. The van der Waals surface area contributed by atoms with Crippen molar-refractivity contribution in [1.82, 2.24) is 9.97 Å². The standard InChI is InChI=1S/C16H17ClN2O/c1-3-7-12-9-5-6-10-14(12)20-16-13(8-4-2)15(17)18-11-19-16/h3,5-7,9-11H,4,8H2,1-2H3. The fourth-order valence-corrected chi connectivity index (χ4v) is 2.14. The predicted molar refractivity (Wildman–Crippen MR) is 82.3 cm³/mol. The molecule has 2 aromatic rings. The average Bonchev–Trinajstić information content (AvgIpc) is 2.45. The van der Waals surface area contributed by atoms with Gasteiger partial charge in [0.05, 0.1) is 5.56 Å². The Hall–Kier alpha value is -1.87. The van der Waals surface area contributed by atoms with Crippen LogP contribution in [0, 0.1) is 0 Å². The zero-order valence-electron chi connectivity index (χ0n) is 11.6. The maximum absolute atomic E-state index is 6.13. The number of aromatic nitrogens is 2. The number of ether oxygens (including phenoxy) is 1. The first-order valence-corrected chi connectivity index (χ1v) is 7.03. The van der Waals surface area contributed by atoms with Crippen LogP contribution in [0.1, 0.15) is 31.4 Å². The maximum atomic E-state index is 6.13. The van der Waals surface area contributed by atoms with Gasteiger partial charge in [-0.15, -0.1) is 0 Å². The van der Waals surface area contributed by atoms with E-state index in [1.807, 2.05) is 43.3 Å². The number of rotatable bonds is 5. The highest BCUT2D eigenvalue weighted by Gasteiger charge is 2.12. The summed E-state index contributed by atoms with van der Waals surface area (Å²) in [6.45, 7) is 4.06. The molecular weight excluding hydrogens is 272 g/mol. The molecule has 0 bridgehead atoms. The number of benzene rings is 1. The van der Waals surface area contributed by atoms with E-state index in [1.165, 1.54) is 6.33 Å². The number of hydrogen-bond acceptors (Lipinski definition) is 3. The first-order valence-electron chi connectivity index (χ1n) is 6.65. The molecule has 3 nitrogen and oxygen atoms in total. The fourth-order valence-electron chi connectivity index (χ4n) is 1.92. The van der Waals surface area contributed by atoms with E-state index in [0.717, 1.165) is 29.7 Å². The summed E-state index contributed by atoms with van der Waals surface area (Å²) in [4.78, 5) is 8.23. The zero-order chi connectivity index (χ0) is 14.4. The molecule has 1 aromatic carbocycles. The monoisotopic (exact) mass is 288 g/mol. The highest BCUT2D eigenvalue weighted by Crippen LogP contribution is 2.30. The van der Waals surface area contributed by atoms with Crippen LogP contribution in [-0.2, 0) is 6.42 Å². The number of allylic oxidation sites excluding steroid dienone is 1. The van der Waals surface area contributed by atoms with E-state index < -0.39 is 0 Å². The molecule has 2 rings (SSSR count). The molecule has 0 radical (unpaired) electrons. The number of halogens is 1. The van der Waals surface area contributed by atoms with Crippen LogP contribution in [0.2, 0.25) is 5.15 Å². The molecule has 20 heavy (non-hydrogen) atoms. The van der Waals surface area contributed by atoms with Crippen molar-refractivity contribution < 1.29 is 4.74 Å². The lowest BCUT2D eigenvalue weighted by Crippen LogP contribution is -1.98. The minimum absolute atomic E-state index is 0.459. The lowest BCUT2D eigenvalue weighted by molar-refractivity contribution is 0.453. The van der Waals surface area contributed by atoms with Gasteiger partial charge in [-0.25, -0.2) is 9.97 Å². The smallest absolute Gasteiger partial charge is 0.227 e. The van der Waals surface area contributed by atoms with Crippen LogP contribution in [-0.4, -0.2) is 9.97 Å². The third kappa shape index (κ3) is 3.36. The number of para-hydroxylation sites is 1. The van der Waals surface area contributed by atoms with Gasteiger partial charge in [0.1, 0.15) is 17.2 Å². The summed E-state index contributed by atoms with van der Waals surface area (Å²) in [6, 6.07) is 7.82. The second-order valence-corrected chi connectivity index (χ2v) is 4.70. The summed E-state index contributed by atoms with van der Waals surface area (Å²) in [6.07, 6.45) is 7.15. The van der Waals surface area contributed by atoms with Gasteiger partial charge in [-0.05, 0) is 19.4 Å². The molecule has 0 unspecified atom stereocenters. The molecule has 104 valence electrons. The van der Waals surface area contributed by atoms with Crippen LogP contribution >= 0.6 is 11.6 Å². The number of hydrogen-bond donors (Lipinski definition) is 0. The predicted octanol–water partition coefficient (Wildman–Crippen LogP) is 4.91. The molecule has 0 fully saturated rings. The molecule has 0 saturated heterocycles. The lowest BCUT2D eigenvalue weighted by Gasteiger charge is -2.12. The highest BCUT2D eigenvalue weighted by molar-refractivity contribution is 6.30. The Balaban J connectivity index is 2.37. The van der Waals surface area contributed by atoms with Gasteiger partial charge in [-0.2, -0.15) is 0 Å². The van der Waals surface area contributed by atoms with E-state index in [-0.39, 0.29) is 0 Å². The molecule has 0 amide bonds. The van der Waals surface area contributed by atoms with Crippen LogP contribution in [0.25, 0.3) is 6.08 Å². The van der Waals surface area contributed by atoms with Crippen molar-refractivity contribution in [2.45, 2.75) is 26.7 Å². The Labute approximate surface area is 124 Å². The minimum atomic E-state index is 0.459. The molecule has 1 heterocycles. The summed E-state index contributed by atoms with van der Waals surface area (Å²) in [5.74, 6) is 1.29. The van der Waals surface area contributed by atoms with Crippen molar-refractivity contribution in [3.05, 3.63) is 52.9 Å². The van der Waals surface area contributed by atoms with E-state index in [0.29, 0.717) is 11.0 Å². The molecule has 0 aliphatic heterocycles. The molecule has 0 atom stereocenters. The first-order chi connectivity index (χ1) is 9.76. The van der Waals surface area contributed by atoms with Gasteiger partial charge >= 0.3 is 0 Å². The largest absolute Gasteiger partial charge is 0.438 e. The van der Waals surface area contributed by atoms with E-state index in [1.54, 1.807) is 0 Å². The average molecular weight is 289 g/mol. The lowest BCUT2D eigenvalue weighted by atomic mass is 10.2. The van der Waals surface area contributed by atoms with Gasteiger partial charge in [-0.3, -0.25) is 0 Å². The van der Waals surface area contributed by atoms with Crippen molar-refractivity contribution in [3.8, 4) is 11.6 Å². The summed E-state index contributed by atoms with van der Waals surface area (Å²) in [5, 5.41) is 0.459. The Bertz CT molecular complexity index is 611. The SMILES string of the molecule is CC=Cc1ccccc1Oc1ncnc(Cl)c1CCC. The van der Waals surface area contributed by atoms with Crippen LogP contribution in [0.5, 0.6) is 11.6 Å². The summed E-state index contributed by atoms with van der Waals surface area (Å²) in [7, 11) is 0. The Morgan fingerprint density at radius 2 is 2.05 bits per heavy atom. The molecule has 0 N–H and O–H groups in total. The van der Waals surface area contributed by atoms with Crippen LogP contribution < -0.4 is 4.74 Å². The normalized spacial score (nSPS) is 10.9. The molecular formula is C16H17ClN2O. The summed E-state index contributed by atoms with van der Waals surface area (Å²) in [5.41, 5.74) is 1.86. The van der Waals surface area contributed by atoms with Gasteiger partial charge < -0.3 is 4.74 Å². The van der Waals surface area contributed by atoms with Crippen LogP contribution in [0.3, 0.4) is 0 Å². The molecule has 1 aromatic heterocycles. The zero-order valence-corrected chi connectivity index (χ0v) is 12.4. The molecule has 4 heteroatoms. The van der Waals surface area contributed by atoms with E-state index >= 15 is 0 Å². The molecule has 0 aliphatic rings.